The third-order valence-corrected chi connectivity index (χ3v) is 1.67. The molecule has 0 fully saturated rings. The van der Waals surface area contributed by atoms with Crippen LogP contribution in [0.4, 0.5) is 0 Å². The lowest BCUT2D eigenvalue weighted by molar-refractivity contribution is -0.125. The predicted octanol–water partition coefficient (Wildman–Crippen LogP) is 0.642. The summed E-state index contributed by atoms with van der Waals surface area (Å²) in [6.45, 7) is 5.33. The van der Waals surface area contributed by atoms with E-state index >= 15 is 0 Å². The molecule has 0 aliphatic carbocycles. The highest BCUT2D eigenvalue weighted by molar-refractivity contribution is 5.85. The van der Waals surface area contributed by atoms with E-state index in [2.05, 4.69) is 11.2 Å². The van der Waals surface area contributed by atoms with E-state index in [1.165, 1.54) is 0 Å². The standard InChI is InChI=1S/C10H18N2O/c1-5-7-8(6-2)12-9(13)10(3,4)11/h2,8H,5,7,11H2,1,3-4H3,(H,12,13). The molecule has 13 heavy (non-hydrogen) atoms. The van der Waals surface area contributed by atoms with Crippen molar-refractivity contribution in [1.29, 1.82) is 0 Å². The fourth-order valence-electron chi connectivity index (χ4n) is 0.830. The molecule has 1 unspecified atom stereocenters. The van der Waals surface area contributed by atoms with Gasteiger partial charge in [0, 0.05) is 0 Å². The topological polar surface area (TPSA) is 55.1 Å². The molecule has 0 aliphatic rings. The number of hydrogen-bond donors (Lipinski definition) is 2. The monoisotopic (exact) mass is 182 g/mol. The Labute approximate surface area is 80.1 Å². The van der Waals surface area contributed by atoms with Crippen molar-refractivity contribution in [3.63, 3.8) is 0 Å². The number of nitrogens with one attached hydrogen (secondary N) is 1. The fraction of sp³-hybridized carbons (Fsp3) is 0.700. The van der Waals surface area contributed by atoms with E-state index in [4.69, 9.17) is 12.2 Å². The summed E-state index contributed by atoms with van der Waals surface area (Å²) in [4.78, 5) is 11.4. The molecule has 0 saturated carbocycles. The van der Waals surface area contributed by atoms with Crippen LogP contribution >= 0.6 is 0 Å². The number of nitrogens with two attached hydrogens (primary N) is 1. The quantitative estimate of drug-likeness (QED) is 0.627. The van der Waals surface area contributed by atoms with Crippen LogP contribution in [0.2, 0.25) is 0 Å². The largest absolute Gasteiger partial charge is 0.341 e. The van der Waals surface area contributed by atoms with E-state index in [1.54, 1.807) is 13.8 Å². The van der Waals surface area contributed by atoms with Gasteiger partial charge in [-0.25, -0.2) is 0 Å². The van der Waals surface area contributed by atoms with Crippen molar-refractivity contribution in [2.45, 2.75) is 45.2 Å². The molecule has 0 rings (SSSR count). The Morgan fingerprint density at radius 1 is 1.69 bits per heavy atom. The number of terminal acetylenes is 1. The van der Waals surface area contributed by atoms with E-state index in [1.807, 2.05) is 6.92 Å². The van der Waals surface area contributed by atoms with Gasteiger partial charge in [-0.05, 0) is 20.3 Å². The maximum Gasteiger partial charge on any atom is 0.240 e. The molecular weight excluding hydrogens is 164 g/mol. The van der Waals surface area contributed by atoms with E-state index in [0.29, 0.717) is 0 Å². The zero-order valence-corrected chi connectivity index (χ0v) is 8.55. The molecule has 3 N–H and O–H groups in total. The number of hydrogen-bond acceptors (Lipinski definition) is 2. The molecule has 74 valence electrons. The first-order chi connectivity index (χ1) is 5.91. The van der Waals surface area contributed by atoms with Crippen molar-refractivity contribution in [2.75, 3.05) is 0 Å². The third-order valence-electron chi connectivity index (χ3n) is 1.67. The lowest BCUT2D eigenvalue weighted by Gasteiger charge is -2.20. The summed E-state index contributed by atoms with van der Waals surface area (Å²) in [5, 5.41) is 2.71. The van der Waals surface area contributed by atoms with Crippen LogP contribution < -0.4 is 11.1 Å². The van der Waals surface area contributed by atoms with Crippen molar-refractivity contribution in [3.8, 4) is 12.3 Å². The van der Waals surface area contributed by atoms with Crippen LogP contribution in [0.1, 0.15) is 33.6 Å². The lowest BCUT2D eigenvalue weighted by atomic mass is 10.1. The Morgan fingerprint density at radius 3 is 2.54 bits per heavy atom. The molecule has 0 heterocycles. The zero-order chi connectivity index (χ0) is 10.5. The minimum atomic E-state index is -0.858. The first-order valence-electron chi connectivity index (χ1n) is 4.47. The molecular formula is C10H18N2O. The van der Waals surface area contributed by atoms with Crippen molar-refractivity contribution < 1.29 is 4.79 Å². The Morgan fingerprint density at radius 2 is 2.23 bits per heavy atom. The molecule has 3 nitrogen and oxygen atoms in total. The molecule has 1 amide bonds. The van der Waals surface area contributed by atoms with Crippen LogP contribution in [-0.2, 0) is 4.79 Å². The van der Waals surface area contributed by atoms with E-state index in [9.17, 15) is 4.79 Å². The zero-order valence-electron chi connectivity index (χ0n) is 8.55. The van der Waals surface area contributed by atoms with Gasteiger partial charge in [-0.2, -0.15) is 0 Å². The molecule has 0 saturated heterocycles. The van der Waals surface area contributed by atoms with Gasteiger partial charge >= 0.3 is 0 Å². The van der Waals surface area contributed by atoms with Gasteiger partial charge in [-0.1, -0.05) is 19.3 Å². The minimum Gasteiger partial charge on any atom is -0.341 e. The summed E-state index contributed by atoms with van der Waals surface area (Å²) >= 11 is 0. The highest BCUT2D eigenvalue weighted by Gasteiger charge is 2.23. The van der Waals surface area contributed by atoms with Crippen molar-refractivity contribution in [3.05, 3.63) is 0 Å². The molecule has 0 bridgehead atoms. The molecule has 0 aliphatic heterocycles. The van der Waals surface area contributed by atoms with Crippen LogP contribution in [0, 0.1) is 12.3 Å². The number of rotatable bonds is 4. The summed E-state index contributed by atoms with van der Waals surface area (Å²) in [5.74, 6) is 2.31. The van der Waals surface area contributed by atoms with E-state index in [-0.39, 0.29) is 11.9 Å². The van der Waals surface area contributed by atoms with Gasteiger partial charge in [-0.15, -0.1) is 6.42 Å². The Balaban J connectivity index is 4.12. The van der Waals surface area contributed by atoms with Gasteiger partial charge in [0.25, 0.3) is 0 Å². The number of carbonyl (C=O) groups excluding carboxylic acids is 1. The summed E-state index contributed by atoms with van der Waals surface area (Å²) in [6.07, 6.45) is 6.98. The second kappa shape index (κ2) is 4.88. The Kier molecular flexibility index (Phi) is 4.50. The molecule has 0 aromatic carbocycles. The molecule has 3 heteroatoms. The Bertz CT molecular complexity index is 210. The molecule has 0 radical (unpaired) electrons. The summed E-state index contributed by atoms with van der Waals surface area (Å²) < 4.78 is 0. The normalized spacial score (nSPS) is 13.2. The summed E-state index contributed by atoms with van der Waals surface area (Å²) in [5.41, 5.74) is 4.74. The molecule has 0 aromatic heterocycles. The fourth-order valence-corrected chi connectivity index (χ4v) is 0.830. The van der Waals surface area contributed by atoms with E-state index in [0.717, 1.165) is 12.8 Å². The highest BCUT2D eigenvalue weighted by atomic mass is 16.2. The maximum atomic E-state index is 11.4. The van der Waals surface area contributed by atoms with Crippen LogP contribution in [0.5, 0.6) is 0 Å². The van der Waals surface area contributed by atoms with Gasteiger partial charge in [0.15, 0.2) is 0 Å². The second-order valence-electron chi connectivity index (χ2n) is 3.70. The maximum absolute atomic E-state index is 11.4. The number of amides is 1. The van der Waals surface area contributed by atoms with Crippen molar-refractivity contribution in [1.82, 2.24) is 5.32 Å². The van der Waals surface area contributed by atoms with Gasteiger partial charge in [0.05, 0.1) is 11.6 Å². The Hall–Kier alpha value is -1.01. The first kappa shape index (κ1) is 12.0. The smallest absolute Gasteiger partial charge is 0.240 e. The molecule has 1 atom stereocenters. The van der Waals surface area contributed by atoms with Crippen LogP contribution in [-0.4, -0.2) is 17.5 Å². The van der Waals surface area contributed by atoms with Gasteiger partial charge < -0.3 is 11.1 Å². The SMILES string of the molecule is C#CC(CCC)NC(=O)C(C)(C)N. The van der Waals surface area contributed by atoms with Gasteiger partial charge in [0.1, 0.15) is 0 Å². The number of carbonyl (C=O) groups is 1. The minimum absolute atomic E-state index is 0.194. The van der Waals surface area contributed by atoms with Crippen LogP contribution in [0.25, 0.3) is 0 Å². The highest BCUT2D eigenvalue weighted by Crippen LogP contribution is 2.00. The van der Waals surface area contributed by atoms with Crippen molar-refractivity contribution in [2.24, 2.45) is 5.73 Å². The molecule has 0 spiro atoms. The summed E-state index contributed by atoms with van der Waals surface area (Å²) in [6, 6.07) is -0.194. The van der Waals surface area contributed by atoms with Gasteiger partial charge in [0.2, 0.25) is 5.91 Å². The molecule has 0 aromatic rings. The predicted molar refractivity (Wildman–Crippen MR) is 53.9 cm³/mol. The third kappa shape index (κ3) is 4.54. The van der Waals surface area contributed by atoms with Crippen molar-refractivity contribution >= 4 is 5.91 Å². The average Bonchev–Trinajstić information content (AvgIpc) is 2.01. The van der Waals surface area contributed by atoms with Gasteiger partial charge in [-0.3, -0.25) is 4.79 Å². The lowest BCUT2D eigenvalue weighted by Crippen LogP contribution is -2.51. The first-order valence-corrected chi connectivity index (χ1v) is 4.47. The second-order valence-corrected chi connectivity index (χ2v) is 3.70. The van der Waals surface area contributed by atoms with Crippen LogP contribution in [0.15, 0.2) is 0 Å². The summed E-state index contributed by atoms with van der Waals surface area (Å²) in [7, 11) is 0. The van der Waals surface area contributed by atoms with E-state index < -0.39 is 5.54 Å². The average molecular weight is 182 g/mol. The van der Waals surface area contributed by atoms with Crippen LogP contribution in [0.3, 0.4) is 0 Å².